The lowest BCUT2D eigenvalue weighted by Gasteiger charge is -2.55. The van der Waals surface area contributed by atoms with E-state index in [4.69, 9.17) is 10.7 Å². The van der Waals surface area contributed by atoms with Gasteiger partial charge in [-0.3, -0.25) is 9.79 Å². The van der Waals surface area contributed by atoms with Crippen LogP contribution in [0.5, 0.6) is 0 Å². The largest absolute Gasteiger partial charge is 0.399 e. The third kappa shape index (κ3) is 5.43. The number of hydrogen-bond acceptors (Lipinski definition) is 3. The molecule has 6 rings (SSSR count). The fraction of sp³-hybridized carbons (Fsp3) is 0.467. The Balaban J connectivity index is 1.11. The minimum absolute atomic E-state index is 0.0860. The highest BCUT2D eigenvalue weighted by atomic mass is 16.1. The van der Waals surface area contributed by atoms with Crippen LogP contribution in [0, 0.1) is 17.8 Å². The van der Waals surface area contributed by atoms with Gasteiger partial charge < -0.3 is 11.1 Å². The van der Waals surface area contributed by atoms with Crippen molar-refractivity contribution < 1.29 is 4.79 Å². The van der Waals surface area contributed by atoms with Crippen molar-refractivity contribution in [3.8, 4) is 0 Å². The molecule has 0 heterocycles. The maximum Gasteiger partial charge on any atom is 0.244 e. The van der Waals surface area contributed by atoms with E-state index in [0.29, 0.717) is 6.54 Å². The average molecular weight is 456 g/mol. The molecule has 4 aliphatic rings. The number of benzene rings is 2. The molecule has 2 aromatic carbocycles. The monoisotopic (exact) mass is 455 g/mol. The van der Waals surface area contributed by atoms with E-state index in [1.807, 2.05) is 30.3 Å². The SMILES string of the molecule is CC(Cc1ccc(C=CC(=O)NCCc2ccccc2N)cc1)=NC12CC3CC(CC(C3)C1)C2. The Kier molecular flexibility index (Phi) is 6.58. The number of amides is 1. The van der Waals surface area contributed by atoms with Gasteiger partial charge in [-0.15, -0.1) is 0 Å². The Morgan fingerprint density at radius 1 is 1.03 bits per heavy atom. The second kappa shape index (κ2) is 9.77. The van der Waals surface area contributed by atoms with Crippen LogP contribution in [0.3, 0.4) is 0 Å². The summed E-state index contributed by atoms with van der Waals surface area (Å²) in [6.07, 6.45) is 13.4. The van der Waals surface area contributed by atoms with Crippen LogP contribution in [0.25, 0.3) is 6.08 Å². The summed E-state index contributed by atoms with van der Waals surface area (Å²) in [6.45, 7) is 2.78. The van der Waals surface area contributed by atoms with Crippen LogP contribution in [-0.4, -0.2) is 23.7 Å². The number of anilines is 1. The molecule has 0 aromatic heterocycles. The first kappa shape index (κ1) is 22.9. The minimum Gasteiger partial charge on any atom is -0.399 e. The maximum atomic E-state index is 12.2. The molecule has 1 amide bonds. The van der Waals surface area contributed by atoms with Crippen LogP contribution in [0.2, 0.25) is 0 Å². The van der Waals surface area contributed by atoms with Gasteiger partial charge in [0.15, 0.2) is 0 Å². The van der Waals surface area contributed by atoms with Gasteiger partial charge in [-0.2, -0.15) is 0 Å². The number of rotatable bonds is 8. The van der Waals surface area contributed by atoms with E-state index in [9.17, 15) is 4.79 Å². The summed E-state index contributed by atoms with van der Waals surface area (Å²) in [5, 5.41) is 2.93. The predicted molar refractivity (Wildman–Crippen MR) is 141 cm³/mol. The molecule has 0 saturated heterocycles. The molecule has 4 bridgehead atoms. The van der Waals surface area contributed by atoms with E-state index in [1.165, 1.54) is 49.8 Å². The molecule has 2 aromatic rings. The molecule has 0 aliphatic heterocycles. The molecule has 0 radical (unpaired) electrons. The summed E-state index contributed by atoms with van der Waals surface area (Å²) in [7, 11) is 0. The van der Waals surface area contributed by atoms with Crippen LogP contribution in [0.4, 0.5) is 5.69 Å². The zero-order valence-electron chi connectivity index (χ0n) is 20.3. The van der Waals surface area contributed by atoms with Gasteiger partial charge in [0.25, 0.3) is 0 Å². The van der Waals surface area contributed by atoms with Gasteiger partial charge in [-0.05, 0) is 98.5 Å². The predicted octanol–water partition coefficient (Wildman–Crippen LogP) is 5.61. The first-order valence-corrected chi connectivity index (χ1v) is 12.9. The van der Waals surface area contributed by atoms with Crippen molar-refractivity contribution >= 4 is 23.4 Å². The van der Waals surface area contributed by atoms with E-state index in [-0.39, 0.29) is 11.4 Å². The van der Waals surface area contributed by atoms with Crippen LogP contribution >= 0.6 is 0 Å². The highest BCUT2D eigenvalue weighted by molar-refractivity contribution is 5.91. The number of carbonyl (C=O) groups is 1. The highest BCUT2D eigenvalue weighted by Gasteiger charge is 2.50. The van der Waals surface area contributed by atoms with E-state index in [0.717, 1.165) is 47.4 Å². The molecule has 0 spiro atoms. The first-order chi connectivity index (χ1) is 16.5. The zero-order valence-corrected chi connectivity index (χ0v) is 20.3. The van der Waals surface area contributed by atoms with Gasteiger partial charge in [0.1, 0.15) is 0 Å². The molecule has 4 aliphatic carbocycles. The topological polar surface area (TPSA) is 67.5 Å². The molecule has 0 unspecified atom stereocenters. The molecular formula is C30H37N3O. The average Bonchev–Trinajstić information content (AvgIpc) is 2.78. The molecule has 34 heavy (non-hydrogen) atoms. The number of carbonyl (C=O) groups excluding carboxylic acids is 1. The lowest BCUT2D eigenvalue weighted by Crippen LogP contribution is -2.49. The van der Waals surface area contributed by atoms with Gasteiger partial charge in [-0.25, -0.2) is 0 Å². The summed E-state index contributed by atoms with van der Waals surface area (Å²) in [6, 6.07) is 16.3. The molecule has 4 fully saturated rings. The number of aliphatic imine (C=N–C) groups is 1. The van der Waals surface area contributed by atoms with Crippen molar-refractivity contribution in [1.29, 1.82) is 0 Å². The fourth-order valence-electron chi connectivity index (χ4n) is 7.00. The lowest BCUT2D eigenvalue weighted by atomic mass is 9.53. The lowest BCUT2D eigenvalue weighted by molar-refractivity contribution is -0.116. The number of nitrogen functional groups attached to an aromatic ring is 1. The zero-order chi connectivity index (χ0) is 23.5. The number of hydrogen-bond donors (Lipinski definition) is 2. The second-order valence-electron chi connectivity index (χ2n) is 11.0. The van der Waals surface area contributed by atoms with Crippen molar-refractivity contribution in [3.05, 3.63) is 71.3 Å². The smallest absolute Gasteiger partial charge is 0.244 e. The summed E-state index contributed by atoms with van der Waals surface area (Å²) in [4.78, 5) is 17.5. The molecule has 3 N–H and O–H groups in total. The fourth-order valence-corrected chi connectivity index (χ4v) is 7.00. The molecule has 4 saturated carbocycles. The molecule has 0 atom stereocenters. The second-order valence-corrected chi connectivity index (χ2v) is 11.0. The number of para-hydroxylation sites is 1. The molecule has 178 valence electrons. The Labute approximate surface area is 203 Å². The highest BCUT2D eigenvalue weighted by Crippen LogP contribution is 2.57. The van der Waals surface area contributed by atoms with E-state index in [2.05, 4.69) is 36.5 Å². The third-order valence-corrected chi connectivity index (χ3v) is 8.05. The third-order valence-electron chi connectivity index (χ3n) is 8.05. The van der Waals surface area contributed by atoms with Crippen molar-refractivity contribution in [3.63, 3.8) is 0 Å². The maximum absolute atomic E-state index is 12.2. The summed E-state index contributed by atoms with van der Waals surface area (Å²) in [5.41, 5.74) is 11.6. The number of nitrogens with zero attached hydrogens (tertiary/aromatic N) is 1. The normalized spacial score (nSPS) is 27.9. The van der Waals surface area contributed by atoms with Gasteiger partial charge in [0, 0.05) is 30.4 Å². The van der Waals surface area contributed by atoms with Crippen LogP contribution < -0.4 is 11.1 Å². The van der Waals surface area contributed by atoms with Crippen molar-refractivity contribution in [2.45, 2.75) is 63.8 Å². The Morgan fingerprint density at radius 3 is 2.32 bits per heavy atom. The van der Waals surface area contributed by atoms with Crippen molar-refractivity contribution in [2.75, 3.05) is 12.3 Å². The summed E-state index contributed by atoms with van der Waals surface area (Å²) < 4.78 is 0. The Hall–Kier alpha value is -2.88. The van der Waals surface area contributed by atoms with Crippen LogP contribution in [-0.2, 0) is 17.6 Å². The first-order valence-electron chi connectivity index (χ1n) is 12.9. The number of nitrogens with one attached hydrogen (secondary N) is 1. The van der Waals surface area contributed by atoms with Gasteiger partial charge in [0.2, 0.25) is 5.91 Å². The van der Waals surface area contributed by atoms with Crippen LogP contribution in [0.1, 0.15) is 62.1 Å². The number of nitrogens with two attached hydrogens (primary N) is 1. The summed E-state index contributed by atoms with van der Waals surface area (Å²) in [5.74, 6) is 2.71. The van der Waals surface area contributed by atoms with E-state index < -0.39 is 0 Å². The standard InChI is InChI=1S/C30H37N3O/c1-21(33-30-18-24-15-25(19-30)17-26(16-24)20-30)14-23-8-6-22(7-9-23)10-11-29(34)32-13-12-27-4-2-3-5-28(27)31/h2-11,24-26H,12-20,31H2,1H3,(H,32,34). The quantitative estimate of drug-likeness (QED) is 0.308. The molecular weight excluding hydrogens is 418 g/mol. The van der Waals surface area contributed by atoms with Gasteiger partial charge in [0.05, 0.1) is 5.54 Å². The van der Waals surface area contributed by atoms with E-state index >= 15 is 0 Å². The van der Waals surface area contributed by atoms with Crippen molar-refractivity contribution in [2.24, 2.45) is 22.7 Å². The summed E-state index contributed by atoms with van der Waals surface area (Å²) >= 11 is 0. The van der Waals surface area contributed by atoms with Gasteiger partial charge in [-0.1, -0.05) is 42.5 Å². The van der Waals surface area contributed by atoms with Crippen molar-refractivity contribution in [1.82, 2.24) is 5.32 Å². The van der Waals surface area contributed by atoms with Gasteiger partial charge >= 0.3 is 0 Å². The molecule has 4 heteroatoms. The Bertz CT molecular complexity index is 1050. The van der Waals surface area contributed by atoms with Crippen LogP contribution in [0.15, 0.2) is 59.6 Å². The molecule has 4 nitrogen and oxygen atoms in total. The van der Waals surface area contributed by atoms with E-state index in [1.54, 1.807) is 6.08 Å². The Morgan fingerprint density at radius 2 is 1.68 bits per heavy atom. The minimum atomic E-state index is -0.0860.